The predicted molar refractivity (Wildman–Crippen MR) is 75.3 cm³/mol. The van der Waals surface area contributed by atoms with Gasteiger partial charge in [0.2, 0.25) is 8.32 Å². The van der Waals surface area contributed by atoms with Gasteiger partial charge in [0.25, 0.3) is 0 Å². The molecule has 0 fully saturated rings. The largest absolute Gasteiger partial charge is 0.428 e. The lowest BCUT2D eigenvalue weighted by Crippen LogP contribution is -2.40. The Morgan fingerprint density at radius 3 is 2.76 bits per heavy atom. The maximum Gasteiger partial charge on any atom is 0.216 e. The number of aromatic amines is 1. The summed E-state index contributed by atoms with van der Waals surface area (Å²) in [5.41, 5.74) is 2.42. The average molecular weight is 248 g/mol. The Bertz CT molecular complexity index is 514. The molecular formula is C13H20N2OSi. The number of rotatable bonds is 4. The van der Waals surface area contributed by atoms with Crippen molar-refractivity contribution < 1.29 is 4.80 Å². The molecule has 3 nitrogen and oxygen atoms in total. The van der Waals surface area contributed by atoms with Crippen LogP contribution in [0.4, 0.5) is 0 Å². The Morgan fingerprint density at radius 1 is 1.35 bits per heavy atom. The molecule has 0 aliphatic rings. The average Bonchev–Trinajstić information content (AvgIpc) is 2.68. The summed E-state index contributed by atoms with van der Waals surface area (Å²) in [6, 6.07) is 6.44. The van der Waals surface area contributed by atoms with E-state index in [4.69, 9.17) is 0 Å². The third-order valence-electron chi connectivity index (χ3n) is 3.07. The molecule has 0 amide bonds. The summed E-state index contributed by atoms with van der Waals surface area (Å²) in [6.07, 6.45) is 2.98. The molecule has 1 aromatic carbocycles. The summed E-state index contributed by atoms with van der Waals surface area (Å²) in [6.45, 7) is 4.89. The maximum atomic E-state index is 10.2. The second-order valence-corrected chi connectivity index (χ2v) is 8.65. The van der Waals surface area contributed by atoms with Crippen LogP contribution in [0.2, 0.25) is 13.1 Å². The van der Waals surface area contributed by atoms with Gasteiger partial charge >= 0.3 is 0 Å². The zero-order valence-corrected chi connectivity index (χ0v) is 11.7. The van der Waals surface area contributed by atoms with E-state index in [0.29, 0.717) is 0 Å². The summed E-state index contributed by atoms with van der Waals surface area (Å²) >= 11 is 0. The number of hydrogen-bond donors (Lipinski definition) is 3. The van der Waals surface area contributed by atoms with Crippen LogP contribution in [0, 0.1) is 0 Å². The van der Waals surface area contributed by atoms with Crippen LogP contribution in [0.5, 0.6) is 0 Å². The molecular weight excluding hydrogens is 228 g/mol. The molecule has 1 aromatic heterocycles. The zero-order valence-electron chi connectivity index (χ0n) is 10.7. The first-order valence-electron chi connectivity index (χ1n) is 6.00. The molecule has 92 valence electrons. The number of aromatic nitrogens is 1. The van der Waals surface area contributed by atoms with Crippen LogP contribution in [0.1, 0.15) is 5.56 Å². The van der Waals surface area contributed by atoms with E-state index in [-0.39, 0.29) is 0 Å². The maximum absolute atomic E-state index is 10.2. The number of benzene rings is 1. The van der Waals surface area contributed by atoms with Gasteiger partial charge in [0.15, 0.2) is 0 Å². The van der Waals surface area contributed by atoms with Crippen molar-refractivity contribution in [1.82, 2.24) is 10.3 Å². The molecule has 0 radical (unpaired) electrons. The molecule has 4 heteroatoms. The molecule has 0 saturated carbocycles. The highest BCUT2D eigenvalue weighted by molar-refractivity contribution is 6.85. The Morgan fingerprint density at radius 2 is 2.12 bits per heavy atom. The Labute approximate surface area is 103 Å². The Balaban J connectivity index is 2.43. The lowest BCUT2D eigenvalue weighted by Gasteiger charge is -2.13. The second kappa shape index (κ2) is 4.64. The van der Waals surface area contributed by atoms with Gasteiger partial charge in [-0.2, -0.15) is 0 Å². The third-order valence-corrected chi connectivity index (χ3v) is 4.80. The van der Waals surface area contributed by atoms with Crippen molar-refractivity contribution in [2.45, 2.75) is 19.5 Å². The molecule has 0 bridgehead atoms. The monoisotopic (exact) mass is 248 g/mol. The Kier molecular flexibility index (Phi) is 3.37. The van der Waals surface area contributed by atoms with E-state index < -0.39 is 8.32 Å². The number of hydrogen-bond acceptors (Lipinski definition) is 2. The minimum absolute atomic E-state index is 0.977. The minimum atomic E-state index is -2.25. The summed E-state index contributed by atoms with van der Waals surface area (Å²) in [5.74, 6) is 0. The zero-order chi connectivity index (χ0) is 12.5. The fourth-order valence-electron chi connectivity index (χ4n) is 2.10. The highest BCUT2D eigenvalue weighted by Gasteiger charge is 2.23. The number of fused-ring (bicyclic) bond motifs is 1. The van der Waals surface area contributed by atoms with E-state index in [1.165, 1.54) is 10.9 Å². The van der Waals surface area contributed by atoms with E-state index in [9.17, 15) is 4.80 Å². The minimum Gasteiger partial charge on any atom is -0.428 e. The van der Waals surface area contributed by atoms with Crippen LogP contribution in [0.3, 0.4) is 0 Å². The van der Waals surface area contributed by atoms with Gasteiger partial charge < -0.3 is 15.1 Å². The van der Waals surface area contributed by atoms with E-state index in [2.05, 4.69) is 28.5 Å². The van der Waals surface area contributed by atoms with E-state index >= 15 is 0 Å². The van der Waals surface area contributed by atoms with Crippen LogP contribution in [0.15, 0.2) is 24.4 Å². The molecule has 0 spiro atoms. The van der Waals surface area contributed by atoms with Gasteiger partial charge in [-0.25, -0.2) is 0 Å². The normalized spacial score (nSPS) is 12.2. The lowest BCUT2D eigenvalue weighted by molar-refractivity contribution is 0.569. The first kappa shape index (κ1) is 12.4. The van der Waals surface area contributed by atoms with Gasteiger partial charge in [-0.1, -0.05) is 6.07 Å². The second-order valence-electron chi connectivity index (χ2n) is 4.99. The molecule has 0 saturated heterocycles. The molecule has 17 heavy (non-hydrogen) atoms. The number of nitrogens with one attached hydrogen (secondary N) is 2. The van der Waals surface area contributed by atoms with Gasteiger partial charge in [-0.05, 0) is 56.0 Å². The van der Waals surface area contributed by atoms with Crippen LogP contribution in [-0.4, -0.2) is 31.7 Å². The Hall–Kier alpha value is -1.10. The van der Waals surface area contributed by atoms with Crippen LogP contribution >= 0.6 is 0 Å². The van der Waals surface area contributed by atoms with Gasteiger partial charge in [-0.15, -0.1) is 0 Å². The van der Waals surface area contributed by atoms with Crippen molar-refractivity contribution in [1.29, 1.82) is 0 Å². The topological polar surface area (TPSA) is 48.0 Å². The van der Waals surface area contributed by atoms with Crippen LogP contribution < -0.4 is 10.5 Å². The van der Waals surface area contributed by atoms with Crippen LogP contribution in [-0.2, 0) is 6.42 Å². The van der Waals surface area contributed by atoms with Gasteiger partial charge in [0.1, 0.15) is 0 Å². The lowest BCUT2D eigenvalue weighted by atomic mass is 10.1. The fraction of sp³-hybridized carbons (Fsp3) is 0.385. The van der Waals surface area contributed by atoms with Gasteiger partial charge in [0, 0.05) is 17.1 Å². The predicted octanol–water partition coefficient (Wildman–Crippen LogP) is 1.33. The molecule has 2 aromatic rings. The van der Waals surface area contributed by atoms with Crippen molar-refractivity contribution >= 4 is 24.4 Å². The van der Waals surface area contributed by atoms with E-state index in [1.54, 1.807) is 0 Å². The summed E-state index contributed by atoms with van der Waals surface area (Å²) in [7, 11) is -0.284. The summed E-state index contributed by atoms with van der Waals surface area (Å²) in [4.78, 5) is 13.5. The number of H-pyrrole nitrogens is 1. The van der Waals surface area contributed by atoms with Gasteiger partial charge in [-0.3, -0.25) is 0 Å². The van der Waals surface area contributed by atoms with Crippen molar-refractivity contribution in [2.24, 2.45) is 0 Å². The third kappa shape index (κ3) is 2.60. The van der Waals surface area contributed by atoms with Crippen molar-refractivity contribution in [2.75, 3.05) is 13.6 Å². The first-order chi connectivity index (χ1) is 8.02. The highest BCUT2D eigenvalue weighted by Crippen LogP contribution is 2.16. The van der Waals surface area contributed by atoms with Crippen molar-refractivity contribution in [3.05, 3.63) is 30.0 Å². The van der Waals surface area contributed by atoms with Crippen LogP contribution in [0.25, 0.3) is 10.9 Å². The summed E-state index contributed by atoms with van der Waals surface area (Å²) < 4.78 is 0. The molecule has 0 aliphatic carbocycles. The number of likely N-dealkylation sites (N-methyl/N-ethyl adjacent to an activating group) is 1. The smallest absolute Gasteiger partial charge is 0.216 e. The SMILES string of the molecule is CNCCc1ccc2[nH]cc([Si](C)(C)O)c2c1. The van der Waals surface area contributed by atoms with E-state index in [1.807, 2.05) is 26.3 Å². The molecule has 3 N–H and O–H groups in total. The quantitative estimate of drug-likeness (QED) is 0.715. The molecule has 0 unspecified atom stereocenters. The van der Waals surface area contributed by atoms with Gasteiger partial charge in [0.05, 0.1) is 0 Å². The molecule has 2 rings (SSSR count). The molecule has 1 heterocycles. The first-order valence-corrected chi connectivity index (χ1v) is 8.94. The highest BCUT2D eigenvalue weighted by atomic mass is 28.4. The van der Waals surface area contributed by atoms with E-state index in [0.717, 1.165) is 23.7 Å². The van der Waals surface area contributed by atoms with Crippen molar-refractivity contribution in [3.63, 3.8) is 0 Å². The summed E-state index contributed by atoms with van der Waals surface area (Å²) in [5, 5.41) is 5.43. The standard InChI is InChI=1S/C13H20N2OSi/c1-14-7-6-10-4-5-12-11(8-10)13(9-15-12)17(2,3)16/h4-5,8-9,14-16H,6-7H2,1-3H3. The fourth-order valence-corrected chi connectivity index (χ4v) is 3.39. The molecule has 0 aliphatic heterocycles. The van der Waals surface area contributed by atoms with Crippen molar-refractivity contribution in [3.8, 4) is 0 Å². The molecule has 0 atom stereocenters.